The minimum absolute atomic E-state index is 0.719. The van der Waals surface area contributed by atoms with Crippen molar-refractivity contribution in [1.29, 1.82) is 0 Å². The molecule has 0 N–H and O–H groups in total. The molecule has 0 fully saturated rings. The predicted molar refractivity (Wildman–Crippen MR) is 412 cm³/mol. The van der Waals surface area contributed by atoms with E-state index >= 15 is 0 Å². The summed E-state index contributed by atoms with van der Waals surface area (Å²) in [4.78, 5) is 25.8. The van der Waals surface area contributed by atoms with Gasteiger partial charge in [-0.1, -0.05) is 158 Å². The number of rotatable bonds is 10. The van der Waals surface area contributed by atoms with Gasteiger partial charge < -0.3 is 0 Å². The largest absolute Gasteiger partial charge is 0.256 e. The van der Waals surface area contributed by atoms with E-state index in [9.17, 15) is 0 Å². The van der Waals surface area contributed by atoms with Gasteiger partial charge in [-0.25, -0.2) is 47.8 Å². The Bertz CT molecular complexity index is 4980. The Labute approximate surface area is 601 Å². The van der Waals surface area contributed by atoms with Crippen molar-refractivity contribution in [3.63, 3.8) is 0 Å². The first-order chi connectivity index (χ1) is 49.6. The Morgan fingerprint density at radius 1 is 0.245 bits per heavy atom. The Hall–Kier alpha value is -12.5. The molecule has 0 radical (unpaired) electrons. The summed E-state index contributed by atoms with van der Waals surface area (Å²) in [7, 11) is 10.4. The molecule has 0 atom stereocenters. The molecular formula is C91H88N11+5. The van der Waals surface area contributed by atoms with Crippen molar-refractivity contribution in [1.82, 2.24) is 29.9 Å². The van der Waals surface area contributed by atoms with E-state index in [1.165, 1.54) is 106 Å². The van der Waals surface area contributed by atoms with Gasteiger partial charge in [0, 0.05) is 94.3 Å². The zero-order chi connectivity index (χ0) is 71.5. The molecule has 0 unspecified atom stereocenters. The molecular weight excluding hydrogens is 1250 g/mol. The quantitative estimate of drug-likeness (QED) is 0.127. The van der Waals surface area contributed by atoms with E-state index in [1.54, 1.807) is 12.5 Å². The first-order valence-corrected chi connectivity index (χ1v) is 34.3. The molecule has 15 aromatic rings. The second kappa shape index (κ2) is 33.9. The molecule has 0 saturated heterocycles. The van der Waals surface area contributed by atoms with Gasteiger partial charge in [0.1, 0.15) is 53.2 Å². The van der Waals surface area contributed by atoms with E-state index in [-0.39, 0.29) is 0 Å². The normalized spacial score (nSPS) is 10.5. The minimum Gasteiger partial charge on any atom is -0.256 e. The average molecular weight is 1340 g/mol. The molecule has 11 heteroatoms. The van der Waals surface area contributed by atoms with Gasteiger partial charge >= 0.3 is 0 Å². The second-order valence-electron chi connectivity index (χ2n) is 25.4. The third-order valence-corrected chi connectivity index (χ3v) is 18.0. The van der Waals surface area contributed by atoms with Crippen LogP contribution in [0.1, 0.15) is 39.5 Å². The van der Waals surface area contributed by atoms with E-state index in [4.69, 9.17) is 0 Å². The molecule has 502 valence electrons. The molecule has 102 heavy (non-hydrogen) atoms. The Morgan fingerprint density at radius 2 is 0.598 bits per heavy atom. The van der Waals surface area contributed by atoms with Crippen LogP contribution in [0.15, 0.2) is 317 Å². The lowest BCUT2D eigenvalue weighted by Crippen LogP contribution is -2.31. The fourth-order valence-electron chi connectivity index (χ4n) is 12.4. The standard InChI is InChI=1S/2C19H18N.C18H19N4.C18H17N2.C17H16N3/c2*1-15-8-6-7-11-18(15)19-14-17(12-13-20(19)2)16-9-4-3-5-10-16;1-12-7-5-6-8-16(12)17-10-9-15(11-22(17)4)18-20-13(2)19-14(3)21-18;1-14-7-3-4-8-16(14)18-13-15(10-12-20(18)2)17-9-5-6-11-19-17;1-13-5-3-4-6-15(13)17-8-7-14(11-20(17)2)16-9-10-18-12-19-16/h2*3-14H,1-2H3;5-11H,1-4H3;3-13H,1-2H3;3-12H,1-2H3/q5*+1. The van der Waals surface area contributed by atoms with Crippen LogP contribution in [0.4, 0.5) is 0 Å². The molecule has 0 bridgehead atoms. The van der Waals surface area contributed by atoms with Crippen molar-refractivity contribution in [3.05, 3.63) is 356 Å². The SMILES string of the molecule is Cc1ccccc1-c1cc(-c2ccccc2)cc[n+]1C.Cc1ccccc1-c1cc(-c2ccccc2)cc[n+]1C.Cc1ccccc1-c1cc(-c2ccccn2)cc[n+]1C.Cc1ccccc1-c1ccc(-c2ccncn2)c[n+]1C.Cc1nc(C)nc(-c2ccc(-c3ccccc3C)[n+](C)c2)n1. The van der Waals surface area contributed by atoms with Crippen molar-refractivity contribution >= 4 is 0 Å². The maximum absolute atomic E-state index is 4.43. The molecule has 0 aliphatic heterocycles. The lowest BCUT2D eigenvalue weighted by molar-refractivity contribution is -0.660. The fraction of sp³-hybridized carbons (Fsp3) is 0.132. The zero-order valence-electron chi connectivity index (χ0n) is 60.4. The third-order valence-electron chi connectivity index (χ3n) is 18.0. The van der Waals surface area contributed by atoms with Crippen molar-refractivity contribution in [3.8, 4) is 112 Å². The van der Waals surface area contributed by atoms with Crippen LogP contribution < -0.4 is 22.8 Å². The summed E-state index contributed by atoms with van der Waals surface area (Å²) in [6.07, 6.45) is 15.7. The van der Waals surface area contributed by atoms with Gasteiger partial charge in [-0.15, -0.1) is 0 Å². The van der Waals surface area contributed by atoms with E-state index in [2.05, 4.69) is 389 Å². The van der Waals surface area contributed by atoms with Crippen LogP contribution in [0.2, 0.25) is 0 Å². The summed E-state index contributed by atoms with van der Waals surface area (Å²) in [5, 5.41) is 0. The van der Waals surface area contributed by atoms with E-state index < -0.39 is 0 Å². The van der Waals surface area contributed by atoms with Crippen LogP contribution >= 0.6 is 0 Å². The lowest BCUT2D eigenvalue weighted by atomic mass is 10.0. The summed E-state index contributed by atoms with van der Waals surface area (Å²) < 4.78 is 10.8. The van der Waals surface area contributed by atoms with E-state index in [1.807, 2.05) is 51.4 Å². The average Bonchev–Trinajstić information content (AvgIpc) is 0.839. The molecule has 7 aromatic carbocycles. The topological polar surface area (TPSA) is 96.7 Å². The molecule has 15 rings (SSSR count). The van der Waals surface area contributed by atoms with Crippen molar-refractivity contribution in [2.24, 2.45) is 35.2 Å². The maximum Gasteiger partial charge on any atom is 0.213 e. The van der Waals surface area contributed by atoms with Gasteiger partial charge in [0.05, 0.1) is 22.5 Å². The van der Waals surface area contributed by atoms with Gasteiger partial charge in [-0.2, -0.15) is 0 Å². The van der Waals surface area contributed by atoms with Gasteiger partial charge in [-0.05, 0) is 159 Å². The molecule has 0 spiro atoms. The van der Waals surface area contributed by atoms with Crippen LogP contribution in [0.3, 0.4) is 0 Å². The summed E-state index contributed by atoms with van der Waals surface area (Å²) >= 11 is 0. The molecule has 0 saturated carbocycles. The van der Waals surface area contributed by atoms with Crippen LogP contribution in [-0.4, -0.2) is 29.9 Å². The molecule has 0 amide bonds. The molecule has 8 heterocycles. The summed E-state index contributed by atoms with van der Waals surface area (Å²) in [5.74, 6) is 2.21. The van der Waals surface area contributed by atoms with Crippen LogP contribution in [0.25, 0.3) is 112 Å². The van der Waals surface area contributed by atoms with Crippen molar-refractivity contribution in [2.75, 3.05) is 0 Å². The number of benzene rings is 7. The second-order valence-corrected chi connectivity index (χ2v) is 25.4. The Morgan fingerprint density at radius 3 is 0.980 bits per heavy atom. The van der Waals surface area contributed by atoms with Crippen LogP contribution in [-0.2, 0) is 35.2 Å². The van der Waals surface area contributed by atoms with Crippen molar-refractivity contribution < 1.29 is 22.8 Å². The van der Waals surface area contributed by atoms with Gasteiger partial charge in [-0.3, -0.25) is 4.98 Å². The lowest BCUT2D eigenvalue weighted by Gasteiger charge is -2.06. The van der Waals surface area contributed by atoms with Gasteiger partial charge in [0.2, 0.25) is 28.5 Å². The van der Waals surface area contributed by atoms with Crippen LogP contribution in [0.5, 0.6) is 0 Å². The molecule has 0 aliphatic rings. The number of nitrogens with zero attached hydrogens (tertiary/aromatic N) is 11. The molecule has 0 aliphatic carbocycles. The smallest absolute Gasteiger partial charge is 0.213 e. The Balaban J connectivity index is 0.000000128. The minimum atomic E-state index is 0.719. The Kier molecular flexibility index (Phi) is 23.5. The molecule has 8 aromatic heterocycles. The fourth-order valence-corrected chi connectivity index (χ4v) is 12.4. The highest BCUT2D eigenvalue weighted by Crippen LogP contribution is 2.30. The first kappa shape index (κ1) is 70.8. The monoisotopic (exact) mass is 1330 g/mol. The van der Waals surface area contributed by atoms with Crippen molar-refractivity contribution in [2.45, 2.75) is 48.5 Å². The van der Waals surface area contributed by atoms with E-state index in [0.29, 0.717) is 0 Å². The summed E-state index contributed by atoms with van der Waals surface area (Å²) in [6.45, 7) is 14.5. The number of pyridine rings is 6. The van der Waals surface area contributed by atoms with Crippen LogP contribution in [0, 0.1) is 48.5 Å². The zero-order valence-corrected chi connectivity index (χ0v) is 60.4. The summed E-state index contributed by atoms with van der Waals surface area (Å²) in [6, 6.07) is 92.8. The predicted octanol–water partition coefficient (Wildman–Crippen LogP) is 17.8. The number of hydrogen-bond acceptors (Lipinski definition) is 6. The highest BCUT2D eigenvalue weighted by Gasteiger charge is 2.20. The molecule has 11 nitrogen and oxygen atoms in total. The number of aryl methyl sites for hydroxylation is 12. The van der Waals surface area contributed by atoms with Gasteiger partial charge in [0.25, 0.3) is 0 Å². The highest BCUT2D eigenvalue weighted by atomic mass is 15.0. The number of aromatic nitrogens is 11. The maximum atomic E-state index is 4.43. The third kappa shape index (κ3) is 17.9. The highest BCUT2D eigenvalue weighted by molar-refractivity contribution is 5.73. The van der Waals surface area contributed by atoms with E-state index in [0.717, 1.165) is 45.6 Å². The number of hydrogen-bond donors (Lipinski definition) is 0. The van der Waals surface area contributed by atoms with Gasteiger partial charge in [0.15, 0.2) is 36.8 Å². The summed E-state index contributed by atoms with van der Waals surface area (Å²) in [5.41, 5.74) is 29.0. The first-order valence-electron chi connectivity index (χ1n) is 34.3.